The molecule has 0 saturated carbocycles. The van der Waals surface area contributed by atoms with Gasteiger partial charge in [-0.3, -0.25) is 0 Å². The number of nitrogens with two attached hydrogens (primary N) is 1. The number of nitrogens with zero attached hydrogens (tertiary/aromatic N) is 3. The molecule has 2 aromatic rings. The average Bonchev–Trinajstić information content (AvgIpc) is 2.59. The van der Waals surface area contributed by atoms with Gasteiger partial charge >= 0.3 is 0 Å². The van der Waals surface area contributed by atoms with Crippen LogP contribution in [0.1, 0.15) is 18.2 Å². The summed E-state index contributed by atoms with van der Waals surface area (Å²) in [5, 5.41) is 8.60. The van der Waals surface area contributed by atoms with Crippen molar-refractivity contribution in [2.75, 3.05) is 5.73 Å². The molecular weight excluding hydrogens is 224 g/mol. The Labute approximate surface area is 99.0 Å². The zero-order chi connectivity index (χ0) is 11.5. The molecule has 0 saturated heterocycles. The fraction of sp³-hybridized carbons (Fsp3) is 0.273. The highest BCUT2D eigenvalue weighted by atomic mass is 35.5. The van der Waals surface area contributed by atoms with E-state index < -0.39 is 0 Å². The van der Waals surface area contributed by atoms with Crippen molar-refractivity contribution < 1.29 is 0 Å². The number of halogens is 1. The van der Waals surface area contributed by atoms with E-state index in [1.807, 2.05) is 31.2 Å². The Morgan fingerprint density at radius 1 is 1.44 bits per heavy atom. The smallest absolute Gasteiger partial charge is 0.169 e. The predicted octanol–water partition coefficient (Wildman–Crippen LogP) is 2.12. The normalized spacial score (nSPS) is 10.6. The third-order valence-corrected chi connectivity index (χ3v) is 2.66. The fourth-order valence-electron chi connectivity index (χ4n) is 1.65. The first-order valence-corrected chi connectivity index (χ1v) is 5.50. The van der Waals surface area contributed by atoms with Crippen LogP contribution in [0.5, 0.6) is 0 Å². The van der Waals surface area contributed by atoms with E-state index in [0.29, 0.717) is 12.4 Å². The molecule has 0 unspecified atom stereocenters. The third kappa shape index (κ3) is 2.17. The number of aromatic nitrogens is 3. The highest BCUT2D eigenvalue weighted by Crippen LogP contribution is 2.14. The van der Waals surface area contributed by atoms with Gasteiger partial charge in [0.15, 0.2) is 5.82 Å². The lowest BCUT2D eigenvalue weighted by Gasteiger charge is -2.05. The van der Waals surface area contributed by atoms with Gasteiger partial charge in [-0.05, 0) is 24.1 Å². The zero-order valence-corrected chi connectivity index (χ0v) is 9.78. The van der Waals surface area contributed by atoms with Gasteiger partial charge in [-0.25, -0.2) is 4.68 Å². The minimum Gasteiger partial charge on any atom is -0.381 e. The van der Waals surface area contributed by atoms with Crippen LogP contribution in [0.15, 0.2) is 24.3 Å². The van der Waals surface area contributed by atoms with Crippen molar-refractivity contribution in [2.24, 2.45) is 0 Å². The van der Waals surface area contributed by atoms with Crippen LogP contribution in [0.3, 0.4) is 0 Å². The van der Waals surface area contributed by atoms with Gasteiger partial charge in [0.25, 0.3) is 0 Å². The van der Waals surface area contributed by atoms with Crippen LogP contribution in [0.2, 0.25) is 5.02 Å². The van der Waals surface area contributed by atoms with Crippen molar-refractivity contribution in [2.45, 2.75) is 19.9 Å². The van der Waals surface area contributed by atoms with Crippen LogP contribution in [0, 0.1) is 0 Å². The summed E-state index contributed by atoms with van der Waals surface area (Å²) in [6, 6.07) is 7.69. The Kier molecular flexibility index (Phi) is 3.10. The Bertz CT molecular complexity index is 492. The van der Waals surface area contributed by atoms with Gasteiger partial charge in [-0.2, -0.15) is 0 Å². The number of anilines is 1. The summed E-state index contributed by atoms with van der Waals surface area (Å²) in [7, 11) is 0. The molecule has 0 fully saturated rings. The number of benzene rings is 1. The second kappa shape index (κ2) is 4.53. The molecule has 0 aliphatic rings. The van der Waals surface area contributed by atoms with Crippen LogP contribution in [0.4, 0.5) is 5.82 Å². The lowest BCUT2D eigenvalue weighted by molar-refractivity contribution is 0.622. The van der Waals surface area contributed by atoms with Gasteiger partial charge in [0.05, 0.1) is 12.2 Å². The Hall–Kier alpha value is -1.55. The SMILES string of the molecule is CCc1c(N)nnn1Cc1cccc(Cl)c1. The molecule has 4 nitrogen and oxygen atoms in total. The monoisotopic (exact) mass is 236 g/mol. The lowest BCUT2D eigenvalue weighted by atomic mass is 10.2. The summed E-state index contributed by atoms with van der Waals surface area (Å²) in [5.74, 6) is 0.504. The maximum absolute atomic E-state index is 5.92. The van der Waals surface area contributed by atoms with E-state index in [9.17, 15) is 0 Å². The van der Waals surface area contributed by atoms with Crippen molar-refractivity contribution in [3.63, 3.8) is 0 Å². The molecule has 0 bridgehead atoms. The molecule has 5 heteroatoms. The van der Waals surface area contributed by atoms with Crippen molar-refractivity contribution in [3.8, 4) is 0 Å². The van der Waals surface area contributed by atoms with Crippen molar-refractivity contribution in [1.29, 1.82) is 0 Å². The van der Waals surface area contributed by atoms with Crippen LogP contribution in [-0.2, 0) is 13.0 Å². The minimum atomic E-state index is 0.504. The van der Waals surface area contributed by atoms with Gasteiger partial charge < -0.3 is 5.73 Å². The Balaban J connectivity index is 2.27. The molecule has 16 heavy (non-hydrogen) atoms. The molecule has 0 aliphatic carbocycles. The first-order chi connectivity index (χ1) is 7.70. The lowest BCUT2D eigenvalue weighted by Crippen LogP contribution is -2.06. The van der Waals surface area contributed by atoms with E-state index in [2.05, 4.69) is 10.3 Å². The molecule has 2 N–H and O–H groups in total. The average molecular weight is 237 g/mol. The molecule has 1 aromatic heterocycles. The third-order valence-electron chi connectivity index (χ3n) is 2.42. The fourth-order valence-corrected chi connectivity index (χ4v) is 1.86. The summed E-state index contributed by atoms with van der Waals surface area (Å²) in [6.45, 7) is 2.68. The highest BCUT2D eigenvalue weighted by Gasteiger charge is 2.08. The van der Waals surface area contributed by atoms with Gasteiger partial charge in [0, 0.05) is 5.02 Å². The van der Waals surface area contributed by atoms with Gasteiger partial charge in [0.2, 0.25) is 0 Å². The topological polar surface area (TPSA) is 56.7 Å². The Morgan fingerprint density at radius 2 is 2.25 bits per heavy atom. The second-order valence-electron chi connectivity index (χ2n) is 3.56. The van der Waals surface area contributed by atoms with Gasteiger partial charge in [-0.15, -0.1) is 5.10 Å². The number of rotatable bonds is 3. The van der Waals surface area contributed by atoms with E-state index in [-0.39, 0.29) is 0 Å². The molecule has 2 rings (SSSR count). The summed E-state index contributed by atoms with van der Waals surface area (Å²) in [5.41, 5.74) is 7.76. The number of hydrogen-bond donors (Lipinski definition) is 1. The summed E-state index contributed by atoms with van der Waals surface area (Å²) in [6.07, 6.45) is 0.819. The van der Waals surface area contributed by atoms with E-state index >= 15 is 0 Å². The molecule has 0 aliphatic heterocycles. The molecule has 84 valence electrons. The molecular formula is C11H13ClN4. The molecule has 1 heterocycles. The van der Waals surface area contributed by atoms with Crippen LogP contribution in [0.25, 0.3) is 0 Å². The van der Waals surface area contributed by atoms with E-state index in [1.165, 1.54) is 0 Å². The van der Waals surface area contributed by atoms with Gasteiger partial charge in [0.1, 0.15) is 0 Å². The quantitative estimate of drug-likeness (QED) is 0.888. The largest absolute Gasteiger partial charge is 0.381 e. The first-order valence-electron chi connectivity index (χ1n) is 5.13. The second-order valence-corrected chi connectivity index (χ2v) is 4.00. The van der Waals surface area contributed by atoms with Crippen LogP contribution in [-0.4, -0.2) is 15.0 Å². The van der Waals surface area contributed by atoms with Crippen molar-refractivity contribution in [3.05, 3.63) is 40.5 Å². The number of nitrogen functional groups attached to an aromatic ring is 1. The number of hydrogen-bond acceptors (Lipinski definition) is 3. The van der Waals surface area contributed by atoms with Crippen LogP contribution < -0.4 is 5.73 Å². The summed E-state index contributed by atoms with van der Waals surface area (Å²) in [4.78, 5) is 0. The molecule has 0 radical (unpaired) electrons. The van der Waals surface area contributed by atoms with Crippen LogP contribution >= 0.6 is 11.6 Å². The van der Waals surface area contributed by atoms with Crippen molar-refractivity contribution >= 4 is 17.4 Å². The van der Waals surface area contributed by atoms with E-state index in [0.717, 1.165) is 22.7 Å². The maximum Gasteiger partial charge on any atom is 0.169 e. The molecule has 0 atom stereocenters. The standard InChI is InChI=1S/C11H13ClN4/c1-2-10-11(13)14-15-16(10)7-8-4-3-5-9(12)6-8/h3-6H,2,7,13H2,1H3. The maximum atomic E-state index is 5.92. The van der Waals surface area contributed by atoms with Gasteiger partial charge in [-0.1, -0.05) is 35.9 Å². The first kappa shape index (κ1) is 11.0. The van der Waals surface area contributed by atoms with E-state index in [1.54, 1.807) is 4.68 Å². The van der Waals surface area contributed by atoms with Crippen molar-refractivity contribution in [1.82, 2.24) is 15.0 Å². The summed E-state index contributed by atoms with van der Waals surface area (Å²) < 4.78 is 1.81. The zero-order valence-electron chi connectivity index (χ0n) is 9.02. The molecule has 0 amide bonds. The van der Waals surface area contributed by atoms with E-state index in [4.69, 9.17) is 17.3 Å². The Morgan fingerprint density at radius 3 is 2.94 bits per heavy atom. The highest BCUT2D eigenvalue weighted by molar-refractivity contribution is 6.30. The summed E-state index contributed by atoms with van der Waals surface area (Å²) >= 11 is 5.92. The predicted molar refractivity (Wildman–Crippen MR) is 64.4 cm³/mol. The molecule has 0 spiro atoms. The minimum absolute atomic E-state index is 0.504. The molecule has 1 aromatic carbocycles.